The number of imidazole rings is 1. The van der Waals surface area contributed by atoms with Gasteiger partial charge in [0, 0.05) is 49.0 Å². The zero-order chi connectivity index (χ0) is 13.7. The van der Waals surface area contributed by atoms with Crippen LogP contribution in [-0.2, 0) is 20.0 Å². The number of halogens is 1. The number of benzene rings is 1. The molecule has 4 nitrogen and oxygen atoms in total. The molecular weight excluding hydrogens is 306 g/mol. The average Bonchev–Trinajstić information content (AvgIpc) is 2.80. The van der Waals surface area contributed by atoms with Gasteiger partial charge in [0.25, 0.3) is 0 Å². The number of methoxy groups -OCH3 is 1. The standard InChI is InChI=1S/C14H18BrN3O/c1-18-8-7-17-14(18)5-6-16-10-11-9-12(15)3-4-13(11)19-2/h3-4,7-9,16H,5-6,10H2,1-2H3. The van der Waals surface area contributed by atoms with Crippen LogP contribution in [0.15, 0.2) is 35.1 Å². The highest BCUT2D eigenvalue weighted by Crippen LogP contribution is 2.22. The summed E-state index contributed by atoms with van der Waals surface area (Å²) in [5, 5.41) is 3.41. The van der Waals surface area contributed by atoms with Crippen molar-refractivity contribution in [3.8, 4) is 5.75 Å². The lowest BCUT2D eigenvalue weighted by atomic mass is 10.2. The second-order valence-corrected chi connectivity index (χ2v) is 5.25. The van der Waals surface area contributed by atoms with E-state index in [2.05, 4.69) is 32.3 Å². The van der Waals surface area contributed by atoms with Crippen molar-refractivity contribution in [1.82, 2.24) is 14.9 Å². The number of nitrogens with one attached hydrogen (secondary N) is 1. The molecule has 1 heterocycles. The van der Waals surface area contributed by atoms with Crippen molar-refractivity contribution in [2.24, 2.45) is 7.05 Å². The molecule has 1 N–H and O–H groups in total. The predicted octanol–water partition coefficient (Wildman–Crippen LogP) is 2.52. The maximum atomic E-state index is 5.35. The van der Waals surface area contributed by atoms with Crippen LogP contribution in [-0.4, -0.2) is 23.2 Å². The van der Waals surface area contributed by atoms with Gasteiger partial charge in [0.15, 0.2) is 0 Å². The Bertz CT molecular complexity index is 539. The molecule has 0 aliphatic rings. The van der Waals surface area contributed by atoms with Gasteiger partial charge in [0.05, 0.1) is 7.11 Å². The number of aryl methyl sites for hydroxylation is 1. The minimum atomic E-state index is 0.785. The molecule has 0 aliphatic heterocycles. The Morgan fingerprint density at radius 2 is 2.26 bits per heavy atom. The molecule has 0 atom stereocenters. The van der Waals surface area contributed by atoms with Gasteiger partial charge in [-0.2, -0.15) is 0 Å². The highest BCUT2D eigenvalue weighted by atomic mass is 79.9. The molecule has 0 spiro atoms. The van der Waals surface area contributed by atoms with Gasteiger partial charge in [-0.25, -0.2) is 4.98 Å². The number of hydrogen-bond donors (Lipinski definition) is 1. The number of rotatable bonds is 6. The molecular formula is C14H18BrN3O. The maximum absolute atomic E-state index is 5.35. The number of ether oxygens (including phenoxy) is 1. The van der Waals surface area contributed by atoms with Crippen molar-refractivity contribution in [2.45, 2.75) is 13.0 Å². The van der Waals surface area contributed by atoms with E-state index in [1.165, 1.54) is 0 Å². The van der Waals surface area contributed by atoms with Crippen LogP contribution >= 0.6 is 15.9 Å². The van der Waals surface area contributed by atoms with Crippen LogP contribution in [0.5, 0.6) is 5.75 Å². The van der Waals surface area contributed by atoms with Crippen LogP contribution in [0.4, 0.5) is 0 Å². The minimum absolute atomic E-state index is 0.785. The third-order valence-corrected chi connectivity index (χ3v) is 3.50. The molecule has 0 bridgehead atoms. The minimum Gasteiger partial charge on any atom is -0.496 e. The quantitative estimate of drug-likeness (QED) is 0.830. The Morgan fingerprint density at radius 3 is 2.95 bits per heavy atom. The number of nitrogens with zero attached hydrogens (tertiary/aromatic N) is 2. The summed E-state index contributed by atoms with van der Waals surface area (Å²) in [7, 11) is 3.71. The molecule has 5 heteroatoms. The van der Waals surface area contributed by atoms with Gasteiger partial charge in [-0.3, -0.25) is 0 Å². The third-order valence-electron chi connectivity index (χ3n) is 3.00. The van der Waals surface area contributed by atoms with Crippen LogP contribution in [0.3, 0.4) is 0 Å². The van der Waals surface area contributed by atoms with E-state index >= 15 is 0 Å². The Hall–Kier alpha value is -1.33. The van der Waals surface area contributed by atoms with Crippen LogP contribution < -0.4 is 10.1 Å². The first kappa shape index (κ1) is 14.1. The summed E-state index contributed by atoms with van der Waals surface area (Å²) >= 11 is 3.48. The van der Waals surface area contributed by atoms with E-state index in [0.29, 0.717) is 0 Å². The summed E-state index contributed by atoms with van der Waals surface area (Å²) in [4.78, 5) is 4.30. The molecule has 2 rings (SSSR count). The molecule has 0 fully saturated rings. The summed E-state index contributed by atoms with van der Waals surface area (Å²) < 4.78 is 8.45. The van der Waals surface area contributed by atoms with Gasteiger partial charge < -0.3 is 14.6 Å². The molecule has 2 aromatic rings. The molecule has 0 saturated carbocycles. The van der Waals surface area contributed by atoms with E-state index in [4.69, 9.17) is 4.74 Å². The molecule has 0 saturated heterocycles. The smallest absolute Gasteiger partial charge is 0.123 e. The van der Waals surface area contributed by atoms with Crippen LogP contribution in [0, 0.1) is 0 Å². The topological polar surface area (TPSA) is 39.1 Å². The lowest BCUT2D eigenvalue weighted by molar-refractivity contribution is 0.407. The van der Waals surface area contributed by atoms with Gasteiger partial charge >= 0.3 is 0 Å². The SMILES string of the molecule is COc1ccc(Br)cc1CNCCc1nccn1C. The van der Waals surface area contributed by atoms with Gasteiger partial charge in [-0.1, -0.05) is 15.9 Å². The Kier molecular flexibility index (Phi) is 4.99. The molecule has 0 radical (unpaired) electrons. The predicted molar refractivity (Wildman–Crippen MR) is 79.3 cm³/mol. The van der Waals surface area contributed by atoms with Gasteiger partial charge in [0.1, 0.15) is 11.6 Å². The zero-order valence-electron chi connectivity index (χ0n) is 11.2. The molecule has 0 unspecified atom stereocenters. The summed E-state index contributed by atoms with van der Waals surface area (Å²) in [5.74, 6) is 2.00. The van der Waals surface area contributed by atoms with Crippen molar-refractivity contribution in [2.75, 3.05) is 13.7 Å². The first-order valence-electron chi connectivity index (χ1n) is 6.20. The molecule has 0 aliphatic carbocycles. The number of aromatic nitrogens is 2. The Labute approximate surface area is 121 Å². The second-order valence-electron chi connectivity index (χ2n) is 4.34. The lowest BCUT2D eigenvalue weighted by Crippen LogP contribution is -2.18. The van der Waals surface area contributed by atoms with E-state index in [0.717, 1.165) is 41.1 Å². The second kappa shape index (κ2) is 6.73. The van der Waals surface area contributed by atoms with Gasteiger partial charge in [-0.05, 0) is 18.2 Å². The van der Waals surface area contributed by atoms with E-state index < -0.39 is 0 Å². The fourth-order valence-electron chi connectivity index (χ4n) is 1.95. The molecule has 1 aromatic heterocycles. The van der Waals surface area contributed by atoms with Crippen molar-refractivity contribution in [1.29, 1.82) is 0 Å². The van der Waals surface area contributed by atoms with Crippen molar-refractivity contribution in [3.63, 3.8) is 0 Å². The highest BCUT2D eigenvalue weighted by Gasteiger charge is 2.04. The molecule has 102 valence electrons. The van der Waals surface area contributed by atoms with Crippen molar-refractivity contribution >= 4 is 15.9 Å². The van der Waals surface area contributed by atoms with E-state index in [1.807, 2.05) is 36.1 Å². The zero-order valence-corrected chi connectivity index (χ0v) is 12.8. The fourth-order valence-corrected chi connectivity index (χ4v) is 2.35. The lowest BCUT2D eigenvalue weighted by Gasteiger charge is -2.10. The van der Waals surface area contributed by atoms with Crippen molar-refractivity contribution < 1.29 is 4.74 Å². The van der Waals surface area contributed by atoms with Crippen molar-refractivity contribution in [3.05, 3.63) is 46.5 Å². The Morgan fingerprint density at radius 1 is 1.42 bits per heavy atom. The average molecular weight is 324 g/mol. The summed E-state index contributed by atoms with van der Waals surface area (Å²) in [5.41, 5.74) is 1.15. The first-order valence-corrected chi connectivity index (χ1v) is 6.99. The summed E-state index contributed by atoms with van der Waals surface area (Å²) in [6, 6.07) is 6.03. The Balaban J connectivity index is 1.86. The van der Waals surface area contributed by atoms with Crippen LogP contribution in [0.1, 0.15) is 11.4 Å². The maximum Gasteiger partial charge on any atom is 0.123 e. The van der Waals surface area contributed by atoms with Crippen LogP contribution in [0.2, 0.25) is 0 Å². The first-order chi connectivity index (χ1) is 9.20. The van der Waals surface area contributed by atoms with Gasteiger partial charge in [-0.15, -0.1) is 0 Å². The van der Waals surface area contributed by atoms with E-state index in [9.17, 15) is 0 Å². The van der Waals surface area contributed by atoms with E-state index in [1.54, 1.807) is 7.11 Å². The monoisotopic (exact) mass is 323 g/mol. The summed E-state index contributed by atoms with van der Waals surface area (Å²) in [6.07, 6.45) is 4.71. The highest BCUT2D eigenvalue weighted by molar-refractivity contribution is 9.10. The normalized spacial score (nSPS) is 10.7. The fraction of sp³-hybridized carbons (Fsp3) is 0.357. The number of hydrogen-bond acceptors (Lipinski definition) is 3. The van der Waals surface area contributed by atoms with E-state index in [-0.39, 0.29) is 0 Å². The summed E-state index contributed by atoms with van der Waals surface area (Å²) in [6.45, 7) is 1.67. The third kappa shape index (κ3) is 3.81. The molecule has 1 aromatic carbocycles. The molecule has 0 amide bonds. The largest absolute Gasteiger partial charge is 0.496 e. The van der Waals surface area contributed by atoms with Crippen LogP contribution in [0.25, 0.3) is 0 Å². The van der Waals surface area contributed by atoms with Gasteiger partial charge in [0.2, 0.25) is 0 Å². The molecule has 19 heavy (non-hydrogen) atoms.